The van der Waals surface area contributed by atoms with Crippen LogP contribution in [0.2, 0.25) is 0 Å². The lowest BCUT2D eigenvalue weighted by molar-refractivity contribution is -0.128. The molecule has 0 bridgehead atoms. The van der Waals surface area contributed by atoms with Gasteiger partial charge in [-0.05, 0) is 36.8 Å². The predicted octanol–water partition coefficient (Wildman–Crippen LogP) is 4.23. The lowest BCUT2D eigenvalue weighted by Gasteiger charge is -2.21. The van der Waals surface area contributed by atoms with Gasteiger partial charge in [0.25, 0.3) is 0 Å². The number of carbonyl (C=O) groups is 1. The summed E-state index contributed by atoms with van der Waals surface area (Å²) in [5.74, 6) is 0.344. The molecule has 0 fully saturated rings. The molecule has 6 heteroatoms. The molecule has 28 heavy (non-hydrogen) atoms. The number of rotatable bonds is 8. The number of aryl methyl sites for hydroxylation is 1. The van der Waals surface area contributed by atoms with Crippen molar-refractivity contribution in [3.05, 3.63) is 72.3 Å². The Morgan fingerprint density at radius 2 is 2.04 bits per heavy atom. The number of thioether (sulfide) groups is 1. The van der Waals surface area contributed by atoms with Crippen molar-refractivity contribution in [3.63, 3.8) is 0 Å². The summed E-state index contributed by atoms with van der Waals surface area (Å²) < 4.78 is 2.13. The average molecular weight is 391 g/mol. The van der Waals surface area contributed by atoms with Gasteiger partial charge in [-0.2, -0.15) is 5.26 Å². The number of nitrogens with zero attached hydrogens (tertiary/aromatic N) is 4. The van der Waals surface area contributed by atoms with Gasteiger partial charge in [0, 0.05) is 19.6 Å². The number of nitriles is 1. The van der Waals surface area contributed by atoms with Crippen LogP contribution in [0.4, 0.5) is 0 Å². The van der Waals surface area contributed by atoms with Gasteiger partial charge in [0.05, 0.1) is 28.4 Å². The molecule has 0 unspecified atom stereocenters. The second-order valence-electron chi connectivity index (χ2n) is 6.29. The molecule has 0 radical (unpaired) electrons. The lowest BCUT2D eigenvalue weighted by Crippen LogP contribution is -2.32. The molecular weight excluding hydrogens is 368 g/mol. The Bertz CT molecular complexity index is 1020. The average Bonchev–Trinajstić information content (AvgIpc) is 3.09. The van der Waals surface area contributed by atoms with Crippen LogP contribution in [0.25, 0.3) is 11.0 Å². The van der Waals surface area contributed by atoms with Crippen molar-refractivity contribution in [3.8, 4) is 6.07 Å². The van der Waals surface area contributed by atoms with Crippen molar-refractivity contribution in [2.45, 2.75) is 25.2 Å². The van der Waals surface area contributed by atoms with Gasteiger partial charge in [-0.15, -0.1) is 6.58 Å². The first-order valence-corrected chi connectivity index (χ1v) is 10.1. The van der Waals surface area contributed by atoms with E-state index in [0.717, 1.165) is 28.3 Å². The molecule has 0 aliphatic rings. The van der Waals surface area contributed by atoms with E-state index in [9.17, 15) is 4.79 Å². The van der Waals surface area contributed by atoms with Crippen molar-refractivity contribution in [2.24, 2.45) is 0 Å². The van der Waals surface area contributed by atoms with E-state index in [1.165, 1.54) is 11.8 Å². The van der Waals surface area contributed by atoms with Crippen LogP contribution in [0, 0.1) is 11.3 Å². The zero-order valence-electron chi connectivity index (χ0n) is 15.8. The summed E-state index contributed by atoms with van der Waals surface area (Å²) in [6.07, 6.45) is 1.73. The second-order valence-corrected chi connectivity index (χ2v) is 7.23. The Labute approximate surface area is 169 Å². The number of fused-ring (bicyclic) bond motifs is 1. The summed E-state index contributed by atoms with van der Waals surface area (Å²) in [5.41, 5.74) is 3.62. The summed E-state index contributed by atoms with van der Waals surface area (Å²) in [7, 11) is 0. The zero-order chi connectivity index (χ0) is 19.9. The zero-order valence-corrected chi connectivity index (χ0v) is 16.7. The van der Waals surface area contributed by atoms with E-state index in [1.807, 2.05) is 36.4 Å². The standard InChI is InChI=1S/C22H22N4OS/c1-3-13-25(15-18-11-9-17(14-23)10-12-18)21(27)16-28-22-24-19-7-5-6-8-20(19)26(22)4-2/h3,5-12H,1,4,13,15-16H2,2H3. The van der Waals surface area contributed by atoms with Crippen LogP contribution < -0.4 is 0 Å². The highest BCUT2D eigenvalue weighted by Gasteiger charge is 2.16. The van der Waals surface area contributed by atoms with Crippen LogP contribution in [0.3, 0.4) is 0 Å². The molecule has 5 nitrogen and oxygen atoms in total. The first-order valence-electron chi connectivity index (χ1n) is 9.12. The number of imidazole rings is 1. The van der Waals surface area contributed by atoms with E-state index >= 15 is 0 Å². The van der Waals surface area contributed by atoms with Crippen LogP contribution in [0.15, 0.2) is 66.3 Å². The molecule has 1 heterocycles. The molecule has 1 amide bonds. The molecule has 0 aliphatic carbocycles. The van der Waals surface area contributed by atoms with E-state index in [0.29, 0.717) is 24.4 Å². The maximum Gasteiger partial charge on any atom is 0.233 e. The molecule has 0 spiro atoms. The quantitative estimate of drug-likeness (QED) is 0.426. The van der Waals surface area contributed by atoms with Gasteiger partial charge < -0.3 is 9.47 Å². The van der Waals surface area contributed by atoms with Crippen LogP contribution in [-0.4, -0.2) is 32.7 Å². The minimum Gasteiger partial charge on any atom is -0.334 e. The number of hydrogen-bond acceptors (Lipinski definition) is 4. The van der Waals surface area contributed by atoms with Crippen LogP contribution in [0.5, 0.6) is 0 Å². The molecule has 3 aromatic rings. The number of carbonyl (C=O) groups excluding carboxylic acids is 1. The van der Waals surface area contributed by atoms with E-state index in [-0.39, 0.29) is 5.91 Å². The highest BCUT2D eigenvalue weighted by Crippen LogP contribution is 2.24. The van der Waals surface area contributed by atoms with Crippen molar-refractivity contribution in [1.29, 1.82) is 5.26 Å². The van der Waals surface area contributed by atoms with E-state index in [1.54, 1.807) is 23.1 Å². The van der Waals surface area contributed by atoms with Gasteiger partial charge in [0.1, 0.15) is 0 Å². The smallest absolute Gasteiger partial charge is 0.233 e. The van der Waals surface area contributed by atoms with E-state index in [4.69, 9.17) is 5.26 Å². The summed E-state index contributed by atoms with van der Waals surface area (Å²) in [6, 6.07) is 17.4. The van der Waals surface area contributed by atoms with Gasteiger partial charge in [0.2, 0.25) is 5.91 Å². The third-order valence-corrected chi connectivity index (χ3v) is 5.38. The summed E-state index contributed by atoms with van der Waals surface area (Å²) in [4.78, 5) is 19.2. The molecule has 0 aliphatic heterocycles. The summed E-state index contributed by atoms with van der Waals surface area (Å²) in [6.45, 7) is 7.61. The van der Waals surface area contributed by atoms with Crippen LogP contribution in [-0.2, 0) is 17.9 Å². The molecule has 0 saturated carbocycles. The Morgan fingerprint density at radius 3 is 2.71 bits per heavy atom. The SMILES string of the molecule is C=CCN(Cc1ccc(C#N)cc1)C(=O)CSc1nc2ccccc2n1CC. The molecule has 1 aromatic heterocycles. The molecule has 2 aromatic carbocycles. The molecule has 142 valence electrons. The largest absolute Gasteiger partial charge is 0.334 e. The minimum absolute atomic E-state index is 0.0315. The van der Waals surface area contributed by atoms with Gasteiger partial charge in [-0.3, -0.25) is 4.79 Å². The van der Waals surface area contributed by atoms with Gasteiger partial charge in [0.15, 0.2) is 5.16 Å². The van der Waals surface area contributed by atoms with Crippen molar-refractivity contribution in [2.75, 3.05) is 12.3 Å². The van der Waals surface area contributed by atoms with E-state index < -0.39 is 0 Å². The monoisotopic (exact) mass is 390 g/mol. The Kier molecular flexibility index (Phi) is 6.51. The van der Waals surface area contributed by atoms with Gasteiger partial charge in [-0.1, -0.05) is 42.1 Å². The topological polar surface area (TPSA) is 61.9 Å². The maximum atomic E-state index is 12.8. The van der Waals surface area contributed by atoms with Crippen LogP contribution >= 0.6 is 11.8 Å². The number of para-hydroxylation sites is 2. The summed E-state index contributed by atoms with van der Waals surface area (Å²) >= 11 is 1.46. The van der Waals surface area contributed by atoms with Gasteiger partial charge >= 0.3 is 0 Å². The molecule has 0 atom stereocenters. The van der Waals surface area contributed by atoms with Crippen molar-refractivity contribution in [1.82, 2.24) is 14.5 Å². The fraction of sp³-hybridized carbons (Fsp3) is 0.227. The highest BCUT2D eigenvalue weighted by molar-refractivity contribution is 7.99. The normalized spacial score (nSPS) is 10.6. The molecule has 0 N–H and O–H groups in total. The van der Waals surface area contributed by atoms with Crippen molar-refractivity contribution >= 4 is 28.7 Å². The first-order chi connectivity index (χ1) is 13.7. The summed E-state index contributed by atoms with van der Waals surface area (Å²) in [5, 5.41) is 9.77. The lowest BCUT2D eigenvalue weighted by atomic mass is 10.1. The number of hydrogen-bond donors (Lipinski definition) is 0. The van der Waals surface area contributed by atoms with Crippen LogP contribution in [0.1, 0.15) is 18.1 Å². The second kappa shape index (κ2) is 9.25. The maximum absolute atomic E-state index is 12.8. The number of aromatic nitrogens is 2. The Balaban J connectivity index is 1.70. The molecule has 3 rings (SSSR count). The minimum atomic E-state index is 0.0315. The predicted molar refractivity (Wildman–Crippen MR) is 113 cm³/mol. The first kappa shape index (κ1) is 19.7. The fourth-order valence-electron chi connectivity index (χ4n) is 3.00. The molecule has 0 saturated heterocycles. The van der Waals surface area contributed by atoms with Crippen molar-refractivity contribution < 1.29 is 4.79 Å². The number of benzene rings is 2. The molecular formula is C22H22N4OS. The Morgan fingerprint density at radius 1 is 1.29 bits per heavy atom. The highest BCUT2D eigenvalue weighted by atomic mass is 32.2. The number of amides is 1. The Hall–Kier alpha value is -3.04. The fourth-order valence-corrected chi connectivity index (χ4v) is 3.98. The van der Waals surface area contributed by atoms with Gasteiger partial charge in [-0.25, -0.2) is 4.98 Å². The van der Waals surface area contributed by atoms with E-state index in [2.05, 4.69) is 29.1 Å². The third kappa shape index (κ3) is 4.44. The third-order valence-electron chi connectivity index (χ3n) is 4.42.